The topological polar surface area (TPSA) is 59.2 Å². The average Bonchev–Trinajstić information content (AvgIpc) is 2.96. The fourth-order valence-electron chi connectivity index (χ4n) is 3.11. The Bertz CT molecular complexity index is 955. The predicted octanol–water partition coefficient (Wildman–Crippen LogP) is 4.71. The van der Waals surface area contributed by atoms with Crippen molar-refractivity contribution in [2.24, 2.45) is 0 Å². The van der Waals surface area contributed by atoms with Gasteiger partial charge in [0, 0.05) is 16.8 Å². The van der Waals surface area contributed by atoms with Gasteiger partial charge in [0.15, 0.2) is 5.78 Å². The zero-order chi connectivity index (χ0) is 18.7. The number of esters is 1. The van der Waals surface area contributed by atoms with Crippen LogP contribution in [0.25, 0.3) is 11.1 Å². The van der Waals surface area contributed by atoms with E-state index in [0.29, 0.717) is 34.7 Å². The molecule has 0 aliphatic rings. The molecule has 3 aromatic rings. The van der Waals surface area contributed by atoms with Crippen molar-refractivity contribution < 1.29 is 14.3 Å². The lowest BCUT2D eigenvalue weighted by molar-refractivity contribution is 0.0519. The van der Waals surface area contributed by atoms with Crippen LogP contribution in [0, 0.1) is 13.8 Å². The molecule has 4 nitrogen and oxygen atoms in total. The maximum absolute atomic E-state index is 13.1. The molecule has 0 aliphatic carbocycles. The number of ketones is 1. The summed E-state index contributed by atoms with van der Waals surface area (Å²) in [6.07, 6.45) is 0. The Morgan fingerprint density at radius 3 is 2.35 bits per heavy atom. The highest BCUT2D eigenvalue weighted by molar-refractivity contribution is 6.12. The Kier molecular flexibility index (Phi) is 5.03. The summed E-state index contributed by atoms with van der Waals surface area (Å²) in [4.78, 5) is 28.2. The Labute approximate surface area is 152 Å². The van der Waals surface area contributed by atoms with E-state index in [1.165, 1.54) is 0 Å². The van der Waals surface area contributed by atoms with Crippen LogP contribution in [0.3, 0.4) is 0 Å². The molecule has 0 saturated heterocycles. The van der Waals surface area contributed by atoms with Gasteiger partial charge in [-0.2, -0.15) is 0 Å². The maximum Gasteiger partial charge on any atom is 0.355 e. The summed E-state index contributed by atoms with van der Waals surface area (Å²) in [6, 6.07) is 17.4. The second-order valence-corrected chi connectivity index (χ2v) is 6.12. The Morgan fingerprint density at radius 2 is 1.65 bits per heavy atom. The number of carbonyl (C=O) groups is 2. The summed E-state index contributed by atoms with van der Waals surface area (Å²) in [6.45, 7) is 5.61. The van der Waals surface area contributed by atoms with Crippen molar-refractivity contribution in [1.29, 1.82) is 0 Å². The van der Waals surface area contributed by atoms with Gasteiger partial charge in [-0.15, -0.1) is 0 Å². The minimum Gasteiger partial charge on any atom is -0.461 e. The van der Waals surface area contributed by atoms with Crippen molar-refractivity contribution in [2.75, 3.05) is 6.61 Å². The molecule has 2 aromatic carbocycles. The third-order valence-corrected chi connectivity index (χ3v) is 4.38. The first-order valence-corrected chi connectivity index (χ1v) is 8.59. The highest BCUT2D eigenvalue weighted by atomic mass is 16.5. The van der Waals surface area contributed by atoms with E-state index in [1.807, 2.05) is 48.5 Å². The van der Waals surface area contributed by atoms with Gasteiger partial charge in [-0.05, 0) is 43.5 Å². The average molecular weight is 347 g/mol. The molecule has 0 amide bonds. The highest BCUT2D eigenvalue weighted by Crippen LogP contribution is 2.25. The largest absolute Gasteiger partial charge is 0.461 e. The molecule has 1 N–H and O–H groups in total. The van der Waals surface area contributed by atoms with Crippen LogP contribution in [0.4, 0.5) is 0 Å². The lowest BCUT2D eigenvalue weighted by Gasteiger charge is -2.06. The Balaban J connectivity index is 1.99. The monoisotopic (exact) mass is 347 g/mol. The Morgan fingerprint density at radius 1 is 0.962 bits per heavy atom. The van der Waals surface area contributed by atoms with Crippen molar-refractivity contribution in [2.45, 2.75) is 20.8 Å². The van der Waals surface area contributed by atoms with Crippen LogP contribution < -0.4 is 0 Å². The van der Waals surface area contributed by atoms with Crippen LogP contribution in [0.5, 0.6) is 0 Å². The number of hydrogen-bond donors (Lipinski definition) is 1. The molecule has 132 valence electrons. The number of H-pyrrole nitrogens is 1. The molecular weight excluding hydrogens is 326 g/mol. The number of benzene rings is 2. The van der Waals surface area contributed by atoms with Crippen LogP contribution in [0.2, 0.25) is 0 Å². The number of rotatable bonds is 5. The molecule has 0 fully saturated rings. The molecule has 0 unspecified atom stereocenters. The fourth-order valence-corrected chi connectivity index (χ4v) is 3.11. The highest BCUT2D eigenvalue weighted by Gasteiger charge is 2.23. The second kappa shape index (κ2) is 7.40. The number of aryl methyl sites for hydroxylation is 1. The molecule has 0 atom stereocenters. The molecule has 3 rings (SSSR count). The van der Waals surface area contributed by atoms with Crippen LogP contribution >= 0.6 is 0 Å². The van der Waals surface area contributed by atoms with E-state index in [9.17, 15) is 9.59 Å². The zero-order valence-corrected chi connectivity index (χ0v) is 15.1. The predicted molar refractivity (Wildman–Crippen MR) is 102 cm³/mol. The quantitative estimate of drug-likeness (QED) is 0.537. The normalized spacial score (nSPS) is 10.6. The number of carbonyl (C=O) groups excluding carboxylic acids is 2. The summed E-state index contributed by atoms with van der Waals surface area (Å²) >= 11 is 0. The van der Waals surface area contributed by atoms with Gasteiger partial charge in [-0.3, -0.25) is 4.79 Å². The molecule has 1 aromatic heterocycles. The van der Waals surface area contributed by atoms with Crippen molar-refractivity contribution in [1.82, 2.24) is 4.98 Å². The molecule has 0 spiro atoms. The van der Waals surface area contributed by atoms with E-state index in [0.717, 1.165) is 11.1 Å². The first kappa shape index (κ1) is 17.7. The van der Waals surface area contributed by atoms with Crippen LogP contribution in [-0.4, -0.2) is 23.3 Å². The third-order valence-electron chi connectivity index (χ3n) is 4.38. The number of nitrogens with one attached hydrogen (secondary N) is 1. The number of ether oxygens (including phenoxy) is 1. The number of aromatic nitrogens is 1. The van der Waals surface area contributed by atoms with Crippen LogP contribution in [-0.2, 0) is 4.74 Å². The second-order valence-electron chi connectivity index (χ2n) is 6.12. The van der Waals surface area contributed by atoms with E-state index >= 15 is 0 Å². The molecule has 1 heterocycles. The van der Waals surface area contributed by atoms with E-state index < -0.39 is 5.97 Å². The van der Waals surface area contributed by atoms with E-state index in [2.05, 4.69) is 4.98 Å². The minimum absolute atomic E-state index is 0.107. The van der Waals surface area contributed by atoms with Crippen molar-refractivity contribution in [3.8, 4) is 11.1 Å². The van der Waals surface area contributed by atoms with Crippen molar-refractivity contribution >= 4 is 11.8 Å². The lowest BCUT2D eigenvalue weighted by atomic mass is 9.96. The fraction of sp³-hybridized carbons (Fsp3) is 0.182. The minimum atomic E-state index is -0.440. The van der Waals surface area contributed by atoms with E-state index in [4.69, 9.17) is 4.74 Å². The summed E-state index contributed by atoms with van der Waals surface area (Å²) in [7, 11) is 0. The third kappa shape index (κ3) is 3.31. The van der Waals surface area contributed by atoms with Gasteiger partial charge in [0.1, 0.15) is 5.69 Å². The lowest BCUT2D eigenvalue weighted by Crippen LogP contribution is -2.08. The van der Waals surface area contributed by atoms with Crippen LogP contribution in [0.1, 0.15) is 44.6 Å². The number of aromatic amines is 1. The molecule has 26 heavy (non-hydrogen) atoms. The van der Waals surface area contributed by atoms with Crippen molar-refractivity contribution in [3.05, 3.63) is 82.7 Å². The van der Waals surface area contributed by atoms with Gasteiger partial charge in [-0.1, -0.05) is 48.5 Å². The van der Waals surface area contributed by atoms with Gasteiger partial charge >= 0.3 is 5.97 Å². The van der Waals surface area contributed by atoms with Gasteiger partial charge < -0.3 is 9.72 Å². The van der Waals surface area contributed by atoms with Gasteiger partial charge in [-0.25, -0.2) is 4.79 Å². The van der Waals surface area contributed by atoms with E-state index in [-0.39, 0.29) is 5.78 Å². The molecule has 0 saturated carbocycles. The number of hydrogen-bond acceptors (Lipinski definition) is 3. The summed E-state index contributed by atoms with van der Waals surface area (Å²) < 4.78 is 5.06. The van der Waals surface area contributed by atoms with Crippen LogP contribution in [0.15, 0.2) is 54.6 Å². The smallest absolute Gasteiger partial charge is 0.355 e. The summed E-state index contributed by atoms with van der Waals surface area (Å²) in [5.41, 5.74) is 4.78. The first-order chi connectivity index (χ1) is 12.5. The molecule has 0 bridgehead atoms. The standard InChI is InChI=1S/C22H21NO3/c1-4-26-22(25)20-14(2)19(15(3)23-20)21(24)18-12-8-11-17(13-18)16-9-6-5-7-10-16/h5-13,23H,4H2,1-3H3. The van der Waals surface area contributed by atoms with E-state index in [1.54, 1.807) is 26.8 Å². The van der Waals surface area contributed by atoms with Gasteiger partial charge in [0.25, 0.3) is 0 Å². The van der Waals surface area contributed by atoms with Crippen molar-refractivity contribution in [3.63, 3.8) is 0 Å². The first-order valence-electron chi connectivity index (χ1n) is 8.59. The molecule has 4 heteroatoms. The maximum atomic E-state index is 13.1. The molecule has 0 radical (unpaired) electrons. The van der Waals surface area contributed by atoms with Gasteiger partial charge in [0.05, 0.1) is 6.61 Å². The molecule has 0 aliphatic heterocycles. The molecular formula is C22H21NO3. The summed E-state index contributed by atoms with van der Waals surface area (Å²) in [5, 5.41) is 0. The Hall–Kier alpha value is -3.14. The zero-order valence-electron chi connectivity index (χ0n) is 15.1. The summed E-state index contributed by atoms with van der Waals surface area (Å²) in [5.74, 6) is -0.547. The SMILES string of the molecule is CCOC(=O)c1[nH]c(C)c(C(=O)c2cccc(-c3ccccc3)c2)c1C. The van der Waals surface area contributed by atoms with Gasteiger partial charge in [0.2, 0.25) is 0 Å².